The molecule has 30 heavy (non-hydrogen) atoms. The van der Waals surface area contributed by atoms with Crippen LogP contribution in [0.1, 0.15) is 53.2 Å². The van der Waals surface area contributed by atoms with Crippen LogP contribution in [0.5, 0.6) is 5.75 Å². The maximum atomic E-state index is 13.0. The minimum absolute atomic E-state index is 0.0227. The number of H-pyrrole nitrogens is 1. The highest BCUT2D eigenvalue weighted by Gasteiger charge is 2.24. The number of nitrogens with one attached hydrogen (secondary N) is 2. The van der Waals surface area contributed by atoms with Crippen LogP contribution in [0.3, 0.4) is 0 Å². The average molecular weight is 403 g/mol. The molecular weight excluding hydrogens is 372 g/mol. The summed E-state index contributed by atoms with van der Waals surface area (Å²) in [6.45, 7) is 2.70. The summed E-state index contributed by atoms with van der Waals surface area (Å²) in [6, 6.07) is 20.5. The third kappa shape index (κ3) is 4.43. The highest BCUT2D eigenvalue weighted by molar-refractivity contribution is 6.01. The van der Waals surface area contributed by atoms with Gasteiger partial charge in [0.25, 0.3) is 5.91 Å². The van der Waals surface area contributed by atoms with E-state index in [2.05, 4.69) is 40.6 Å². The summed E-state index contributed by atoms with van der Waals surface area (Å²) >= 11 is 0. The van der Waals surface area contributed by atoms with Crippen LogP contribution in [0.2, 0.25) is 0 Å². The zero-order chi connectivity index (χ0) is 20.9. The lowest BCUT2D eigenvalue weighted by Gasteiger charge is -2.29. The van der Waals surface area contributed by atoms with Crippen LogP contribution in [-0.2, 0) is 0 Å². The van der Waals surface area contributed by atoms with Gasteiger partial charge in [-0.2, -0.15) is 0 Å². The Balaban J connectivity index is 1.39. The number of aromatic nitrogens is 1. The van der Waals surface area contributed by atoms with E-state index in [9.17, 15) is 4.79 Å². The van der Waals surface area contributed by atoms with E-state index >= 15 is 0 Å². The summed E-state index contributed by atoms with van der Waals surface area (Å²) in [7, 11) is 1.65. The minimum atomic E-state index is -0.0227. The standard InChI is InChI=1S/C26H30N2O2/c1-18-16-23(25(28-18)22-10-6-7-11-24(22)30-2)26(29)27-17-19-12-14-21(15-13-19)20-8-4-3-5-9-20/h3-11,16,19,21,28H,12-15,17H2,1-2H3,(H,27,29). The lowest BCUT2D eigenvalue weighted by molar-refractivity contribution is 0.0943. The summed E-state index contributed by atoms with van der Waals surface area (Å²) in [5.41, 5.74) is 4.81. The molecule has 2 aromatic carbocycles. The number of aryl methyl sites for hydroxylation is 1. The third-order valence-electron chi connectivity index (χ3n) is 6.24. The number of carbonyl (C=O) groups excluding carboxylic acids is 1. The lowest BCUT2D eigenvalue weighted by Crippen LogP contribution is -2.31. The highest BCUT2D eigenvalue weighted by atomic mass is 16.5. The summed E-state index contributed by atoms with van der Waals surface area (Å²) in [5.74, 6) is 1.93. The number of amides is 1. The molecule has 2 N–H and O–H groups in total. The van der Waals surface area contributed by atoms with Crippen molar-refractivity contribution >= 4 is 5.91 Å². The number of carbonyl (C=O) groups is 1. The number of methoxy groups -OCH3 is 1. The van der Waals surface area contributed by atoms with Gasteiger partial charge in [0.05, 0.1) is 18.4 Å². The Bertz CT molecular complexity index is 985. The number of hydrogen-bond donors (Lipinski definition) is 2. The van der Waals surface area contributed by atoms with E-state index < -0.39 is 0 Å². The van der Waals surface area contributed by atoms with Gasteiger partial charge in [0, 0.05) is 17.8 Å². The van der Waals surface area contributed by atoms with Crippen LogP contribution in [0, 0.1) is 12.8 Å². The van der Waals surface area contributed by atoms with Crippen molar-refractivity contribution < 1.29 is 9.53 Å². The molecular formula is C26H30N2O2. The van der Waals surface area contributed by atoms with Crippen molar-refractivity contribution in [2.24, 2.45) is 5.92 Å². The summed E-state index contributed by atoms with van der Waals surface area (Å²) < 4.78 is 5.49. The van der Waals surface area contributed by atoms with Crippen LogP contribution < -0.4 is 10.1 Å². The Labute approximate surface area is 178 Å². The number of benzene rings is 2. The van der Waals surface area contributed by atoms with E-state index in [-0.39, 0.29) is 5.91 Å². The number of hydrogen-bond acceptors (Lipinski definition) is 2. The van der Waals surface area contributed by atoms with Crippen molar-refractivity contribution in [1.82, 2.24) is 10.3 Å². The molecule has 0 radical (unpaired) electrons. The summed E-state index contributed by atoms with van der Waals surface area (Å²) in [6.07, 6.45) is 4.71. The molecule has 4 rings (SSSR count). The normalized spacial score (nSPS) is 18.7. The summed E-state index contributed by atoms with van der Waals surface area (Å²) in [4.78, 5) is 16.3. The van der Waals surface area contributed by atoms with Gasteiger partial charge in [-0.05, 0) is 68.2 Å². The number of para-hydroxylation sites is 1. The largest absolute Gasteiger partial charge is 0.496 e. The monoisotopic (exact) mass is 402 g/mol. The molecule has 1 saturated carbocycles. The first-order valence-corrected chi connectivity index (χ1v) is 10.8. The molecule has 0 unspecified atom stereocenters. The maximum absolute atomic E-state index is 13.0. The topological polar surface area (TPSA) is 54.1 Å². The van der Waals surface area contributed by atoms with Gasteiger partial charge in [-0.25, -0.2) is 0 Å². The number of ether oxygens (including phenoxy) is 1. The van der Waals surface area contributed by atoms with E-state index in [4.69, 9.17) is 4.74 Å². The van der Waals surface area contributed by atoms with Gasteiger partial charge in [0.15, 0.2) is 0 Å². The van der Waals surface area contributed by atoms with Crippen molar-refractivity contribution in [3.63, 3.8) is 0 Å². The van der Waals surface area contributed by atoms with E-state index in [1.165, 1.54) is 18.4 Å². The third-order valence-corrected chi connectivity index (χ3v) is 6.24. The highest BCUT2D eigenvalue weighted by Crippen LogP contribution is 2.36. The van der Waals surface area contributed by atoms with Crippen LogP contribution in [0.4, 0.5) is 0 Å². The van der Waals surface area contributed by atoms with Gasteiger partial charge in [0.1, 0.15) is 5.75 Å². The lowest BCUT2D eigenvalue weighted by atomic mass is 9.78. The van der Waals surface area contributed by atoms with Crippen molar-refractivity contribution in [3.8, 4) is 17.0 Å². The number of rotatable bonds is 6. The molecule has 1 amide bonds. The van der Waals surface area contributed by atoms with Gasteiger partial charge in [-0.15, -0.1) is 0 Å². The molecule has 4 heteroatoms. The molecule has 1 heterocycles. The predicted molar refractivity (Wildman–Crippen MR) is 121 cm³/mol. The Kier molecular flexibility index (Phi) is 6.22. The van der Waals surface area contributed by atoms with Crippen LogP contribution >= 0.6 is 0 Å². The predicted octanol–water partition coefficient (Wildman–Crippen LogP) is 5.70. The van der Waals surface area contributed by atoms with Crippen LogP contribution in [-0.4, -0.2) is 24.5 Å². The minimum Gasteiger partial charge on any atom is -0.496 e. The van der Waals surface area contributed by atoms with E-state index in [0.717, 1.165) is 42.1 Å². The Morgan fingerprint density at radius 2 is 1.73 bits per heavy atom. The zero-order valence-corrected chi connectivity index (χ0v) is 17.8. The Hall–Kier alpha value is -3.01. The van der Waals surface area contributed by atoms with E-state index in [1.54, 1.807) is 7.11 Å². The molecule has 0 saturated heterocycles. The number of aromatic amines is 1. The van der Waals surface area contributed by atoms with Crippen molar-refractivity contribution in [1.29, 1.82) is 0 Å². The van der Waals surface area contributed by atoms with E-state index in [0.29, 0.717) is 17.4 Å². The molecule has 3 aromatic rings. The van der Waals surface area contributed by atoms with Crippen molar-refractivity contribution in [3.05, 3.63) is 77.5 Å². The molecule has 0 bridgehead atoms. The van der Waals surface area contributed by atoms with Gasteiger partial charge in [-0.3, -0.25) is 4.79 Å². The second-order valence-corrected chi connectivity index (χ2v) is 8.28. The molecule has 1 fully saturated rings. The fourth-order valence-corrected chi connectivity index (χ4v) is 4.59. The van der Waals surface area contributed by atoms with Gasteiger partial charge in [-0.1, -0.05) is 42.5 Å². The zero-order valence-electron chi connectivity index (χ0n) is 17.8. The van der Waals surface area contributed by atoms with Crippen LogP contribution in [0.15, 0.2) is 60.7 Å². The van der Waals surface area contributed by atoms with Gasteiger partial charge in [0.2, 0.25) is 0 Å². The van der Waals surface area contributed by atoms with Gasteiger partial charge < -0.3 is 15.0 Å². The molecule has 0 aliphatic heterocycles. The first-order chi connectivity index (χ1) is 14.7. The van der Waals surface area contributed by atoms with Crippen molar-refractivity contribution in [2.75, 3.05) is 13.7 Å². The van der Waals surface area contributed by atoms with Gasteiger partial charge >= 0.3 is 0 Å². The first kappa shape index (κ1) is 20.3. The maximum Gasteiger partial charge on any atom is 0.253 e. The average Bonchev–Trinajstić information content (AvgIpc) is 3.20. The quantitative estimate of drug-likeness (QED) is 0.555. The Morgan fingerprint density at radius 3 is 2.47 bits per heavy atom. The SMILES string of the molecule is COc1ccccc1-c1[nH]c(C)cc1C(=O)NCC1CCC(c2ccccc2)CC1. The fourth-order valence-electron chi connectivity index (χ4n) is 4.59. The summed E-state index contributed by atoms with van der Waals surface area (Å²) in [5, 5.41) is 3.18. The van der Waals surface area contributed by atoms with Crippen molar-refractivity contribution in [2.45, 2.75) is 38.5 Å². The van der Waals surface area contributed by atoms with E-state index in [1.807, 2.05) is 37.3 Å². The Morgan fingerprint density at radius 1 is 1.03 bits per heavy atom. The fraction of sp³-hybridized carbons (Fsp3) is 0.346. The molecule has 156 valence electrons. The smallest absolute Gasteiger partial charge is 0.253 e. The molecule has 0 atom stereocenters. The molecule has 1 aromatic heterocycles. The second kappa shape index (κ2) is 9.21. The second-order valence-electron chi connectivity index (χ2n) is 8.28. The first-order valence-electron chi connectivity index (χ1n) is 10.8. The molecule has 1 aliphatic carbocycles. The molecule has 1 aliphatic rings. The van der Waals surface area contributed by atoms with Crippen LogP contribution in [0.25, 0.3) is 11.3 Å². The molecule has 4 nitrogen and oxygen atoms in total. The molecule has 0 spiro atoms.